The van der Waals surface area contributed by atoms with Crippen molar-refractivity contribution in [1.29, 1.82) is 0 Å². The molecule has 6 nitrogen and oxygen atoms in total. The predicted molar refractivity (Wildman–Crippen MR) is 76.8 cm³/mol. The molecule has 0 amide bonds. The molecule has 0 aliphatic heterocycles. The second-order valence-corrected chi connectivity index (χ2v) is 5.26. The van der Waals surface area contributed by atoms with Gasteiger partial charge in [0.05, 0.1) is 5.75 Å². The number of pyridine rings is 1. The molecule has 20 heavy (non-hydrogen) atoms. The molecule has 2 aromatic rings. The number of rotatable bonds is 5. The van der Waals surface area contributed by atoms with E-state index in [1.165, 1.54) is 11.8 Å². The molecular weight excluding hydrogens is 276 g/mol. The molecule has 2 aromatic heterocycles. The van der Waals surface area contributed by atoms with E-state index in [4.69, 9.17) is 5.11 Å². The van der Waals surface area contributed by atoms with E-state index in [-0.39, 0.29) is 5.75 Å². The van der Waals surface area contributed by atoms with Crippen molar-refractivity contribution in [2.75, 3.05) is 5.75 Å². The van der Waals surface area contributed by atoms with Crippen LogP contribution in [-0.4, -0.2) is 36.6 Å². The van der Waals surface area contributed by atoms with Crippen molar-refractivity contribution in [2.45, 2.75) is 32.5 Å². The zero-order chi connectivity index (χ0) is 14.7. The van der Waals surface area contributed by atoms with E-state index >= 15 is 0 Å². The summed E-state index contributed by atoms with van der Waals surface area (Å²) >= 11 is 1.17. The number of aliphatic carboxylic acids is 1. The van der Waals surface area contributed by atoms with Crippen molar-refractivity contribution in [3.05, 3.63) is 23.5 Å². The average Bonchev–Trinajstić information content (AvgIpc) is 2.79. The summed E-state index contributed by atoms with van der Waals surface area (Å²) in [6.45, 7) is 6.53. The maximum Gasteiger partial charge on any atom is 0.313 e. The molecule has 7 heteroatoms. The molecule has 0 saturated heterocycles. The molecule has 0 aromatic carbocycles. The number of nitrogens with zero attached hydrogens (tertiary/aromatic N) is 4. The van der Waals surface area contributed by atoms with Crippen molar-refractivity contribution in [2.24, 2.45) is 0 Å². The predicted octanol–water partition coefficient (Wildman–Crippen LogP) is 2.15. The molecule has 0 atom stereocenters. The Bertz CT molecular complexity index is 639. The fraction of sp³-hybridized carbons (Fsp3) is 0.385. The molecule has 0 unspecified atom stereocenters. The van der Waals surface area contributed by atoms with Gasteiger partial charge in [-0.15, -0.1) is 10.2 Å². The minimum absolute atomic E-state index is 0.0245. The normalized spacial score (nSPS) is 10.8. The van der Waals surface area contributed by atoms with Gasteiger partial charge in [0.15, 0.2) is 11.0 Å². The standard InChI is InChI=1S/C13H16N4O2S/c1-4-17-12(10-6-5-8(2)14-9(10)3)15-16-13(17)20-7-11(18)19/h5-6H,4,7H2,1-3H3,(H,18,19). The van der Waals surface area contributed by atoms with E-state index in [0.29, 0.717) is 11.7 Å². The highest BCUT2D eigenvalue weighted by Crippen LogP contribution is 2.25. The van der Waals surface area contributed by atoms with Gasteiger partial charge < -0.3 is 9.67 Å². The van der Waals surface area contributed by atoms with E-state index in [1.807, 2.05) is 37.5 Å². The Morgan fingerprint density at radius 2 is 2.10 bits per heavy atom. The SMILES string of the molecule is CCn1c(SCC(=O)O)nnc1-c1ccc(C)nc1C. The van der Waals surface area contributed by atoms with E-state index < -0.39 is 5.97 Å². The fourth-order valence-corrected chi connectivity index (χ4v) is 2.65. The average molecular weight is 292 g/mol. The van der Waals surface area contributed by atoms with Crippen molar-refractivity contribution >= 4 is 17.7 Å². The van der Waals surface area contributed by atoms with E-state index in [9.17, 15) is 4.79 Å². The zero-order valence-corrected chi connectivity index (χ0v) is 12.4. The summed E-state index contributed by atoms with van der Waals surface area (Å²) in [5.41, 5.74) is 2.77. The van der Waals surface area contributed by atoms with Crippen molar-refractivity contribution in [3.8, 4) is 11.4 Å². The van der Waals surface area contributed by atoms with Gasteiger partial charge in [-0.25, -0.2) is 0 Å². The smallest absolute Gasteiger partial charge is 0.313 e. The third kappa shape index (κ3) is 2.98. The highest BCUT2D eigenvalue weighted by atomic mass is 32.2. The lowest BCUT2D eigenvalue weighted by molar-refractivity contribution is -0.133. The summed E-state index contributed by atoms with van der Waals surface area (Å²) in [6.07, 6.45) is 0. The highest BCUT2D eigenvalue weighted by Gasteiger charge is 2.16. The van der Waals surface area contributed by atoms with Crippen LogP contribution in [0.3, 0.4) is 0 Å². The fourth-order valence-electron chi connectivity index (χ4n) is 1.93. The molecule has 106 valence electrons. The first-order valence-electron chi connectivity index (χ1n) is 6.25. The molecule has 0 radical (unpaired) electrons. The minimum Gasteiger partial charge on any atom is -0.481 e. The molecule has 0 fully saturated rings. The highest BCUT2D eigenvalue weighted by molar-refractivity contribution is 7.99. The maximum atomic E-state index is 10.7. The number of hydrogen-bond donors (Lipinski definition) is 1. The van der Waals surface area contributed by atoms with Crippen LogP contribution < -0.4 is 0 Å². The Morgan fingerprint density at radius 3 is 2.70 bits per heavy atom. The van der Waals surface area contributed by atoms with Gasteiger partial charge in [0.2, 0.25) is 0 Å². The van der Waals surface area contributed by atoms with E-state index in [1.54, 1.807) is 0 Å². The Morgan fingerprint density at radius 1 is 1.35 bits per heavy atom. The number of thioether (sulfide) groups is 1. The van der Waals surface area contributed by atoms with Crippen LogP contribution in [0.4, 0.5) is 0 Å². The number of carbonyl (C=O) groups is 1. The summed E-state index contributed by atoms with van der Waals surface area (Å²) in [5, 5.41) is 17.6. The number of carboxylic acid groups (broad SMARTS) is 1. The Labute approximate surface area is 121 Å². The topological polar surface area (TPSA) is 80.9 Å². The molecule has 0 spiro atoms. The van der Waals surface area contributed by atoms with Gasteiger partial charge in [0, 0.05) is 23.5 Å². The lowest BCUT2D eigenvalue weighted by Crippen LogP contribution is -2.04. The Hall–Kier alpha value is -1.89. The van der Waals surface area contributed by atoms with Crippen molar-refractivity contribution in [1.82, 2.24) is 19.7 Å². The molecule has 0 bridgehead atoms. The first kappa shape index (κ1) is 14.5. The van der Waals surface area contributed by atoms with Crippen LogP contribution in [0.5, 0.6) is 0 Å². The van der Waals surface area contributed by atoms with Crippen LogP contribution in [-0.2, 0) is 11.3 Å². The van der Waals surface area contributed by atoms with Crippen LogP contribution in [0.15, 0.2) is 17.3 Å². The van der Waals surface area contributed by atoms with Gasteiger partial charge in [0.1, 0.15) is 0 Å². The van der Waals surface area contributed by atoms with Gasteiger partial charge in [-0.2, -0.15) is 0 Å². The van der Waals surface area contributed by atoms with Gasteiger partial charge in [-0.1, -0.05) is 11.8 Å². The molecular formula is C13H16N4O2S. The molecule has 0 saturated carbocycles. The van der Waals surface area contributed by atoms with Gasteiger partial charge in [-0.3, -0.25) is 9.78 Å². The largest absolute Gasteiger partial charge is 0.481 e. The second kappa shape index (κ2) is 6.04. The quantitative estimate of drug-likeness (QED) is 0.850. The molecule has 1 N–H and O–H groups in total. The van der Waals surface area contributed by atoms with Gasteiger partial charge >= 0.3 is 5.97 Å². The molecule has 2 rings (SSSR count). The zero-order valence-electron chi connectivity index (χ0n) is 11.6. The van der Waals surface area contributed by atoms with Crippen LogP contribution >= 0.6 is 11.8 Å². The van der Waals surface area contributed by atoms with Crippen LogP contribution in [0.25, 0.3) is 11.4 Å². The summed E-state index contributed by atoms with van der Waals surface area (Å²) in [4.78, 5) is 15.1. The monoisotopic (exact) mass is 292 g/mol. The van der Waals surface area contributed by atoms with Gasteiger partial charge in [0.25, 0.3) is 0 Å². The van der Waals surface area contributed by atoms with Crippen LogP contribution in [0, 0.1) is 13.8 Å². The maximum absolute atomic E-state index is 10.7. The molecule has 0 aliphatic carbocycles. The number of carboxylic acids is 1. The Kier molecular flexibility index (Phi) is 4.39. The second-order valence-electron chi connectivity index (χ2n) is 4.32. The van der Waals surface area contributed by atoms with Crippen molar-refractivity contribution in [3.63, 3.8) is 0 Å². The third-order valence-corrected chi connectivity index (χ3v) is 3.78. The molecule has 0 aliphatic rings. The van der Waals surface area contributed by atoms with Crippen molar-refractivity contribution < 1.29 is 9.90 Å². The minimum atomic E-state index is -0.865. The summed E-state index contributed by atoms with van der Waals surface area (Å²) in [5.74, 6) is -0.163. The number of aromatic nitrogens is 4. The first-order valence-corrected chi connectivity index (χ1v) is 7.24. The third-order valence-electron chi connectivity index (χ3n) is 2.82. The van der Waals surface area contributed by atoms with E-state index in [0.717, 1.165) is 22.8 Å². The lowest BCUT2D eigenvalue weighted by Gasteiger charge is -2.08. The van der Waals surface area contributed by atoms with Crippen LogP contribution in [0.1, 0.15) is 18.3 Å². The number of aryl methyl sites for hydroxylation is 2. The van der Waals surface area contributed by atoms with E-state index in [2.05, 4.69) is 15.2 Å². The Balaban J connectivity index is 2.39. The lowest BCUT2D eigenvalue weighted by atomic mass is 10.2. The summed E-state index contributed by atoms with van der Waals surface area (Å²) < 4.78 is 1.91. The summed E-state index contributed by atoms with van der Waals surface area (Å²) in [6, 6.07) is 3.90. The van der Waals surface area contributed by atoms with Gasteiger partial charge in [-0.05, 0) is 32.9 Å². The molecule has 2 heterocycles. The van der Waals surface area contributed by atoms with Crippen LogP contribution in [0.2, 0.25) is 0 Å². The summed E-state index contributed by atoms with van der Waals surface area (Å²) in [7, 11) is 0. The number of hydrogen-bond acceptors (Lipinski definition) is 5. The first-order chi connectivity index (χ1) is 9.52.